The number of amides is 1. The topological polar surface area (TPSA) is 32.3 Å². The van der Waals surface area contributed by atoms with Crippen LogP contribution < -0.4 is 5.32 Å². The Morgan fingerprint density at radius 2 is 1.68 bits per heavy atom. The van der Waals surface area contributed by atoms with Gasteiger partial charge in [0.05, 0.1) is 12.2 Å². The summed E-state index contributed by atoms with van der Waals surface area (Å²) in [5, 5.41) is 3.20. The predicted molar refractivity (Wildman–Crippen MR) is 88.5 cm³/mol. The molecule has 0 unspecified atom stereocenters. The zero-order valence-corrected chi connectivity index (χ0v) is 15.1. The number of nitrogens with zero attached hydrogens (tertiary/aromatic N) is 1. The molecule has 1 N–H and O–H groups in total. The van der Waals surface area contributed by atoms with Crippen molar-refractivity contribution in [2.24, 2.45) is 0 Å². The lowest BCUT2D eigenvalue weighted by molar-refractivity contribution is -0.130. The SMILES string of the molecule is O=C(CNc1c(Br)cc(Br)cc1Br)N1CCCCC1. The average Bonchev–Trinajstić information content (AvgIpc) is 2.38. The normalized spacial score (nSPS) is 15.4. The molecule has 2 rings (SSSR count). The highest BCUT2D eigenvalue weighted by molar-refractivity contribution is 9.11. The molecular formula is C13H15Br3N2O. The van der Waals surface area contributed by atoms with Crippen molar-refractivity contribution < 1.29 is 4.79 Å². The first-order chi connectivity index (χ1) is 9.08. The molecular weight excluding hydrogens is 440 g/mol. The quantitative estimate of drug-likeness (QED) is 0.734. The Morgan fingerprint density at radius 3 is 2.26 bits per heavy atom. The fourth-order valence-electron chi connectivity index (χ4n) is 2.13. The van der Waals surface area contributed by atoms with Crippen molar-refractivity contribution in [3.8, 4) is 0 Å². The van der Waals surface area contributed by atoms with Crippen LogP contribution in [0.4, 0.5) is 5.69 Å². The number of likely N-dealkylation sites (tertiary alicyclic amines) is 1. The van der Waals surface area contributed by atoms with Gasteiger partial charge in [0, 0.05) is 26.5 Å². The Morgan fingerprint density at radius 1 is 1.11 bits per heavy atom. The largest absolute Gasteiger partial charge is 0.374 e. The maximum absolute atomic E-state index is 12.1. The van der Waals surface area contributed by atoms with Crippen molar-refractivity contribution >= 4 is 59.4 Å². The second-order valence-corrected chi connectivity index (χ2v) is 7.16. The van der Waals surface area contributed by atoms with Crippen molar-refractivity contribution in [2.45, 2.75) is 19.3 Å². The van der Waals surface area contributed by atoms with E-state index < -0.39 is 0 Å². The summed E-state index contributed by atoms with van der Waals surface area (Å²) < 4.78 is 2.85. The van der Waals surface area contributed by atoms with Crippen molar-refractivity contribution in [1.29, 1.82) is 0 Å². The Kier molecular flexibility index (Phi) is 5.71. The molecule has 1 aromatic carbocycles. The van der Waals surface area contributed by atoms with E-state index in [1.165, 1.54) is 6.42 Å². The molecule has 19 heavy (non-hydrogen) atoms. The van der Waals surface area contributed by atoms with Crippen LogP contribution in [-0.2, 0) is 4.79 Å². The number of benzene rings is 1. The number of hydrogen-bond acceptors (Lipinski definition) is 2. The fraction of sp³-hybridized carbons (Fsp3) is 0.462. The number of nitrogens with one attached hydrogen (secondary N) is 1. The monoisotopic (exact) mass is 452 g/mol. The van der Waals surface area contributed by atoms with Crippen LogP contribution in [0.25, 0.3) is 0 Å². The molecule has 0 radical (unpaired) electrons. The number of hydrogen-bond donors (Lipinski definition) is 1. The van der Waals surface area contributed by atoms with Gasteiger partial charge < -0.3 is 10.2 Å². The van der Waals surface area contributed by atoms with E-state index in [2.05, 4.69) is 53.1 Å². The lowest BCUT2D eigenvalue weighted by atomic mass is 10.1. The first-order valence-electron chi connectivity index (χ1n) is 6.24. The standard InChI is InChI=1S/C13H15Br3N2O/c14-9-6-10(15)13(11(16)7-9)17-8-12(19)18-4-2-1-3-5-18/h6-7,17H,1-5,8H2. The summed E-state index contributed by atoms with van der Waals surface area (Å²) in [5.41, 5.74) is 0.911. The van der Waals surface area contributed by atoms with Crippen LogP contribution in [0.5, 0.6) is 0 Å². The summed E-state index contributed by atoms with van der Waals surface area (Å²) in [6, 6.07) is 3.91. The number of halogens is 3. The molecule has 1 aliphatic heterocycles. The van der Waals surface area contributed by atoms with Crippen LogP contribution in [0, 0.1) is 0 Å². The number of rotatable bonds is 3. The summed E-state index contributed by atoms with van der Waals surface area (Å²) in [5.74, 6) is 0.168. The van der Waals surface area contributed by atoms with Crippen LogP contribution in [0.15, 0.2) is 25.6 Å². The summed E-state index contributed by atoms with van der Waals surface area (Å²) >= 11 is 10.4. The third-order valence-corrected chi connectivity index (χ3v) is 4.84. The van der Waals surface area contributed by atoms with E-state index in [1.807, 2.05) is 17.0 Å². The molecule has 0 saturated carbocycles. The summed E-state index contributed by atoms with van der Waals surface area (Å²) in [7, 11) is 0. The first-order valence-corrected chi connectivity index (χ1v) is 8.62. The molecule has 0 spiro atoms. The van der Waals surface area contributed by atoms with E-state index in [0.717, 1.165) is 45.0 Å². The van der Waals surface area contributed by atoms with Crippen molar-refractivity contribution in [2.75, 3.05) is 25.0 Å². The van der Waals surface area contributed by atoms with E-state index in [9.17, 15) is 4.79 Å². The molecule has 1 heterocycles. The zero-order chi connectivity index (χ0) is 13.8. The van der Waals surface area contributed by atoms with Crippen molar-refractivity contribution in [1.82, 2.24) is 4.90 Å². The molecule has 1 amide bonds. The highest BCUT2D eigenvalue weighted by Gasteiger charge is 2.16. The molecule has 3 nitrogen and oxygen atoms in total. The molecule has 1 fully saturated rings. The van der Waals surface area contributed by atoms with Gasteiger partial charge >= 0.3 is 0 Å². The zero-order valence-electron chi connectivity index (χ0n) is 10.4. The second kappa shape index (κ2) is 7.09. The third kappa shape index (κ3) is 4.20. The molecule has 0 atom stereocenters. The summed E-state index contributed by atoms with van der Waals surface area (Å²) in [6.07, 6.45) is 3.48. The van der Waals surface area contributed by atoms with Gasteiger partial charge in [0.1, 0.15) is 0 Å². The number of anilines is 1. The van der Waals surface area contributed by atoms with E-state index in [4.69, 9.17) is 0 Å². The van der Waals surface area contributed by atoms with Crippen molar-refractivity contribution in [3.63, 3.8) is 0 Å². The van der Waals surface area contributed by atoms with E-state index >= 15 is 0 Å². The molecule has 1 saturated heterocycles. The average molecular weight is 455 g/mol. The summed E-state index contributed by atoms with van der Waals surface area (Å²) in [4.78, 5) is 14.0. The molecule has 0 bridgehead atoms. The van der Waals surface area contributed by atoms with Gasteiger partial charge in [-0.3, -0.25) is 4.79 Å². The van der Waals surface area contributed by atoms with Crippen LogP contribution >= 0.6 is 47.8 Å². The second-order valence-electron chi connectivity index (χ2n) is 4.54. The van der Waals surface area contributed by atoms with E-state index in [-0.39, 0.29) is 5.91 Å². The smallest absolute Gasteiger partial charge is 0.241 e. The molecule has 1 aromatic rings. The van der Waals surface area contributed by atoms with Crippen molar-refractivity contribution in [3.05, 3.63) is 25.6 Å². The van der Waals surface area contributed by atoms with Gasteiger partial charge in [0.2, 0.25) is 5.91 Å². The highest BCUT2D eigenvalue weighted by Crippen LogP contribution is 2.34. The molecule has 1 aliphatic rings. The first kappa shape index (κ1) is 15.3. The minimum absolute atomic E-state index is 0.168. The van der Waals surface area contributed by atoms with Gasteiger partial charge in [-0.15, -0.1) is 0 Å². The van der Waals surface area contributed by atoms with Gasteiger partial charge in [-0.25, -0.2) is 0 Å². The maximum atomic E-state index is 12.1. The minimum atomic E-state index is 0.168. The predicted octanol–water partition coefficient (Wildman–Crippen LogP) is 4.40. The van der Waals surface area contributed by atoms with Gasteiger partial charge in [0.25, 0.3) is 0 Å². The number of piperidine rings is 1. The van der Waals surface area contributed by atoms with Crippen LogP contribution in [0.3, 0.4) is 0 Å². The highest BCUT2D eigenvalue weighted by atomic mass is 79.9. The third-order valence-electron chi connectivity index (χ3n) is 3.13. The van der Waals surface area contributed by atoms with Gasteiger partial charge in [0.15, 0.2) is 0 Å². The van der Waals surface area contributed by atoms with Gasteiger partial charge in [-0.1, -0.05) is 15.9 Å². The fourth-order valence-corrected chi connectivity index (χ4v) is 4.67. The van der Waals surface area contributed by atoms with Gasteiger partial charge in [-0.2, -0.15) is 0 Å². The molecule has 6 heteroatoms. The lowest BCUT2D eigenvalue weighted by Crippen LogP contribution is -2.39. The number of carbonyl (C=O) groups excluding carboxylic acids is 1. The lowest BCUT2D eigenvalue weighted by Gasteiger charge is -2.27. The van der Waals surface area contributed by atoms with Crippen LogP contribution in [0.2, 0.25) is 0 Å². The summed E-state index contributed by atoms with van der Waals surface area (Å²) in [6.45, 7) is 2.12. The molecule has 0 aliphatic carbocycles. The van der Waals surface area contributed by atoms with Gasteiger partial charge in [-0.05, 0) is 63.3 Å². The minimum Gasteiger partial charge on any atom is -0.374 e. The number of carbonyl (C=O) groups is 1. The Balaban J connectivity index is 1.96. The molecule has 104 valence electrons. The van der Waals surface area contributed by atoms with E-state index in [0.29, 0.717) is 6.54 Å². The van der Waals surface area contributed by atoms with Crippen LogP contribution in [0.1, 0.15) is 19.3 Å². The van der Waals surface area contributed by atoms with E-state index in [1.54, 1.807) is 0 Å². The Bertz CT molecular complexity index is 450. The Hall–Kier alpha value is -0.0700. The molecule has 0 aromatic heterocycles. The Labute approximate surface area is 138 Å². The van der Waals surface area contributed by atoms with Crippen LogP contribution in [-0.4, -0.2) is 30.4 Å². The maximum Gasteiger partial charge on any atom is 0.241 e.